The molecule has 2 heterocycles. The third-order valence-electron chi connectivity index (χ3n) is 5.10. The van der Waals surface area contributed by atoms with Gasteiger partial charge in [-0.3, -0.25) is 0 Å². The molecule has 7 nitrogen and oxygen atoms in total. The molecule has 3 aromatic rings. The molecule has 0 unspecified atom stereocenters. The van der Waals surface area contributed by atoms with Crippen molar-refractivity contribution in [1.82, 2.24) is 14.9 Å². The van der Waals surface area contributed by atoms with Gasteiger partial charge in [0, 0.05) is 6.54 Å². The second-order valence-electron chi connectivity index (χ2n) is 7.35. The Bertz CT molecular complexity index is 1080. The second-order valence-corrected chi connectivity index (χ2v) is 7.35. The Morgan fingerprint density at radius 1 is 1.18 bits per heavy atom. The molecule has 0 bridgehead atoms. The number of hydrogen-bond donors (Lipinski definition) is 3. The van der Waals surface area contributed by atoms with Gasteiger partial charge in [-0.2, -0.15) is 0 Å². The zero-order valence-corrected chi connectivity index (χ0v) is 19.4. The number of aromatic nitrogens is 2. The SMILES string of the molecule is CC.CNCc1ccc2nc(-c3cc(OC)c(O)c(O)c3F)n(C3(C)COC3)c2c1.FCF. The van der Waals surface area contributed by atoms with E-state index >= 15 is 0 Å². The number of methoxy groups -OCH3 is 1. The minimum absolute atomic E-state index is 0.0293. The van der Waals surface area contributed by atoms with E-state index in [1.165, 1.54) is 13.2 Å². The van der Waals surface area contributed by atoms with Crippen LogP contribution in [0.2, 0.25) is 0 Å². The van der Waals surface area contributed by atoms with Crippen LogP contribution in [0.1, 0.15) is 26.3 Å². The largest absolute Gasteiger partial charge is 0.502 e. The monoisotopic (exact) mass is 469 g/mol. The molecule has 10 heteroatoms. The zero-order chi connectivity index (χ0) is 24.8. The summed E-state index contributed by atoms with van der Waals surface area (Å²) in [6, 6.07) is 7.21. The van der Waals surface area contributed by atoms with Crippen molar-refractivity contribution >= 4 is 11.0 Å². The lowest BCUT2D eigenvalue weighted by Gasteiger charge is -2.40. The molecule has 3 N–H and O–H groups in total. The predicted octanol–water partition coefficient (Wildman–Crippen LogP) is 4.64. The Hall–Kier alpha value is -2.98. The fraction of sp³-hybridized carbons (Fsp3) is 0.435. The summed E-state index contributed by atoms with van der Waals surface area (Å²) in [5.74, 6) is -2.14. The molecule has 1 fully saturated rings. The Morgan fingerprint density at radius 2 is 1.82 bits per heavy atom. The van der Waals surface area contributed by atoms with E-state index in [9.17, 15) is 23.4 Å². The minimum atomic E-state index is -1.75. The highest BCUT2D eigenvalue weighted by atomic mass is 19.3. The normalized spacial score (nSPS) is 13.9. The standard InChI is InChI=1S/C20H22FN3O4.C2H6.CH2F2/c1-20(9-28-10-20)24-14-6-11(8-22-2)4-5-13(14)23-19(24)12-7-15(27-3)17(25)18(26)16(12)21;1-2;2-1-3/h4-7,22,25-26H,8-10H2,1-3H3;1-2H3;1H2. The molecule has 1 aliphatic rings. The van der Waals surface area contributed by atoms with E-state index in [0.29, 0.717) is 31.1 Å². The molecule has 1 saturated heterocycles. The van der Waals surface area contributed by atoms with Crippen LogP contribution in [-0.4, -0.2) is 54.1 Å². The molecule has 0 saturated carbocycles. The van der Waals surface area contributed by atoms with Crippen molar-refractivity contribution in [3.63, 3.8) is 0 Å². The molecule has 2 aromatic carbocycles. The van der Waals surface area contributed by atoms with Gasteiger partial charge in [0.1, 0.15) is 5.82 Å². The maximum atomic E-state index is 14.9. The molecule has 1 aromatic heterocycles. The number of ether oxygens (including phenoxy) is 2. The summed E-state index contributed by atoms with van der Waals surface area (Å²) >= 11 is 0. The number of nitrogens with zero attached hydrogens (tertiary/aromatic N) is 2. The van der Waals surface area contributed by atoms with Crippen LogP contribution >= 0.6 is 0 Å². The van der Waals surface area contributed by atoms with Crippen LogP contribution in [0.25, 0.3) is 22.4 Å². The van der Waals surface area contributed by atoms with E-state index in [1.807, 2.05) is 50.6 Å². The lowest BCUT2D eigenvalue weighted by atomic mass is 9.98. The van der Waals surface area contributed by atoms with Crippen molar-refractivity contribution in [1.29, 1.82) is 0 Å². The van der Waals surface area contributed by atoms with Gasteiger partial charge in [-0.15, -0.1) is 0 Å². The number of halogens is 3. The number of phenolic OH excluding ortho intramolecular Hbond substituents is 2. The lowest BCUT2D eigenvalue weighted by molar-refractivity contribution is -0.0868. The number of alkyl halides is 2. The molecule has 0 atom stereocenters. The molecule has 0 amide bonds. The highest BCUT2D eigenvalue weighted by Crippen LogP contribution is 2.44. The molecule has 4 rings (SSSR count). The average molecular weight is 470 g/mol. The van der Waals surface area contributed by atoms with Crippen molar-refractivity contribution < 1.29 is 32.9 Å². The Kier molecular flexibility index (Phi) is 8.95. The lowest BCUT2D eigenvalue weighted by Crippen LogP contribution is -2.49. The van der Waals surface area contributed by atoms with E-state index in [4.69, 9.17) is 9.47 Å². The Morgan fingerprint density at radius 3 is 2.33 bits per heavy atom. The summed E-state index contributed by atoms with van der Waals surface area (Å²) in [6.07, 6.45) is 0. The fourth-order valence-electron chi connectivity index (χ4n) is 3.62. The van der Waals surface area contributed by atoms with Gasteiger partial charge in [-0.25, -0.2) is 18.2 Å². The number of rotatable bonds is 5. The van der Waals surface area contributed by atoms with Crippen molar-refractivity contribution in [2.45, 2.75) is 32.9 Å². The number of imidazole rings is 1. The van der Waals surface area contributed by atoms with E-state index in [-0.39, 0.29) is 11.3 Å². The number of aromatic hydroxyl groups is 2. The first-order valence-electron chi connectivity index (χ1n) is 10.5. The smallest absolute Gasteiger partial charge is 0.229 e. The van der Waals surface area contributed by atoms with Crippen molar-refractivity contribution in [2.24, 2.45) is 0 Å². The highest BCUT2D eigenvalue weighted by molar-refractivity contribution is 5.83. The number of hydrogen-bond acceptors (Lipinski definition) is 6. The summed E-state index contributed by atoms with van der Waals surface area (Å²) in [5.41, 5.74) is 2.26. The van der Waals surface area contributed by atoms with Crippen LogP contribution in [0.3, 0.4) is 0 Å². The summed E-state index contributed by atoms with van der Waals surface area (Å²) < 4.78 is 46.6. The molecule has 33 heavy (non-hydrogen) atoms. The Labute approximate surface area is 190 Å². The molecule has 1 aliphatic heterocycles. The van der Waals surface area contributed by atoms with Crippen LogP contribution in [-0.2, 0) is 16.8 Å². The second kappa shape index (κ2) is 11.2. The van der Waals surface area contributed by atoms with Gasteiger partial charge in [-0.1, -0.05) is 19.9 Å². The maximum absolute atomic E-state index is 14.9. The third-order valence-corrected chi connectivity index (χ3v) is 5.10. The van der Waals surface area contributed by atoms with Gasteiger partial charge in [0.05, 0.1) is 42.5 Å². The zero-order valence-electron chi connectivity index (χ0n) is 19.4. The highest BCUT2D eigenvalue weighted by Gasteiger charge is 2.39. The molecular weight excluding hydrogens is 439 g/mol. The van der Waals surface area contributed by atoms with E-state index in [0.717, 1.165) is 11.1 Å². The summed E-state index contributed by atoms with van der Waals surface area (Å²) in [6.45, 7) is 5.88. The summed E-state index contributed by atoms with van der Waals surface area (Å²) in [5, 5.41) is 23.1. The predicted molar refractivity (Wildman–Crippen MR) is 121 cm³/mol. The van der Waals surface area contributed by atoms with Crippen molar-refractivity contribution in [3.05, 3.63) is 35.6 Å². The first kappa shape index (κ1) is 26.3. The van der Waals surface area contributed by atoms with Crippen LogP contribution in [0.5, 0.6) is 17.2 Å². The fourth-order valence-corrected chi connectivity index (χ4v) is 3.62. The van der Waals surface area contributed by atoms with E-state index in [2.05, 4.69) is 10.3 Å². The third kappa shape index (κ3) is 5.01. The molecule has 0 radical (unpaired) electrons. The first-order valence-corrected chi connectivity index (χ1v) is 10.5. The average Bonchev–Trinajstić information content (AvgIpc) is 3.17. The van der Waals surface area contributed by atoms with Gasteiger partial charge >= 0.3 is 0 Å². The summed E-state index contributed by atoms with van der Waals surface area (Å²) in [7, 11) is 3.21. The first-order chi connectivity index (χ1) is 15.8. The number of phenols is 2. The van der Waals surface area contributed by atoms with Crippen LogP contribution in [0.15, 0.2) is 24.3 Å². The van der Waals surface area contributed by atoms with Gasteiger partial charge in [-0.05, 0) is 37.7 Å². The molecule has 182 valence electrons. The molecule has 0 aliphatic carbocycles. The van der Waals surface area contributed by atoms with Gasteiger partial charge < -0.3 is 29.6 Å². The quantitative estimate of drug-likeness (QED) is 0.472. The Balaban J connectivity index is 0.000000714. The van der Waals surface area contributed by atoms with E-state index in [1.54, 1.807) is 0 Å². The minimum Gasteiger partial charge on any atom is -0.502 e. The number of fused-ring (bicyclic) bond motifs is 1. The van der Waals surface area contributed by atoms with E-state index < -0.39 is 29.8 Å². The van der Waals surface area contributed by atoms with Crippen LogP contribution in [0, 0.1) is 5.82 Å². The van der Waals surface area contributed by atoms with Gasteiger partial charge in [0.15, 0.2) is 17.3 Å². The number of benzene rings is 2. The summed E-state index contributed by atoms with van der Waals surface area (Å²) in [4.78, 5) is 4.64. The maximum Gasteiger partial charge on any atom is 0.229 e. The number of nitrogens with one attached hydrogen (secondary N) is 1. The van der Waals surface area contributed by atoms with Gasteiger partial charge in [0.25, 0.3) is 0 Å². The topological polar surface area (TPSA) is 88.8 Å². The van der Waals surface area contributed by atoms with Crippen LogP contribution < -0.4 is 10.1 Å². The van der Waals surface area contributed by atoms with Crippen LogP contribution in [0.4, 0.5) is 13.2 Å². The molecular formula is C23H30F3N3O4. The van der Waals surface area contributed by atoms with Gasteiger partial charge in [0.2, 0.25) is 12.7 Å². The van der Waals surface area contributed by atoms with Crippen molar-refractivity contribution in [2.75, 3.05) is 34.3 Å². The van der Waals surface area contributed by atoms with Crippen molar-refractivity contribution in [3.8, 4) is 28.6 Å². The molecule has 0 spiro atoms.